The standard InChI is InChI=1S/C16H25N3/c1-3-19-13(2)11-15-14(5-4-6-16(15)19)12-18-9-7-17-8-10-18/h4-6,13,17H,3,7-12H2,1-2H3. The summed E-state index contributed by atoms with van der Waals surface area (Å²) in [4.78, 5) is 5.11. The average molecular weight is 259 g/mol. The van der Waals surface area contributed by atoms with Crippen LogP contribution in [0.4, 0.5) is 5.69 Å². The second-order valence-electron chi connectivity index (χ2n) is 5.78. The Morgan fingerprint density at radius 1 is 1.26 bits per heavy atom. The van der Waals surface area contributed by atoms with E-state index < -0.39 is 0 Å². The fraction of sp³-hybridized carbons (Fsp3) is 0.625. The number of anilines is 1. The number of piperazine rings is 1. The van der Waals surface area contributed by atoms with Gasteiger partial charge in [0.15, 0.2) is 0 Å². The minimum atomic E-state index is 0.657. The van der Waals surface area contributed by atoms with Crippen molar-refractivity contribution in [2.24, 2.45) is 0 Å². The molecule has 19 heavy (non-hydrogen) atoms. The van der Waals surface area contributed by atoms with Gasteiger partial charge in [0.05, 0.1) is 0 Å². The van der Waals surface area contributed by atoms with E-state index in [9.17, 15) is 0 Å². The van der Waals surface area contributed by atoms with Crippen LogP contribution in [-0.2, 0) is 13.0 Å². The molecule has 3 nitrogen and oxygen atoms in total. The Bertz CT molecular complexity index is 438. The molecule has 1 atom stereocenters. The smallest absolute Gasteiger partial charge is 0.0405 e. The molecule has 0 aromatic heterocycles. The summed E-state index contributed by atoms with van der Waals surface area (Å²) in [6.45, 7) is 11.5. The first kappa shape index (κ1) is 12.9. The van der Waals surface area contributed by atoms with Gasteiger partial charge in [-0.15, -0.1) is 0 Å². The maximum absolute atomic E-state index is 3.43. The summed E-state index contributed by atoms with van der Waals surface area (Å²) in [6.07, 6.45) is 1.21. The largest absolute Gasteiger partial charge is 0.369 e. The van der Waals surface area contributed by atoms with E-state index in [0.717, 1.165) is 26.2 Å². The maximum atomic E-state index is 3.43. The van der Waals surface area contributed by atoms with E-state index in [2.05, 4.69) is 47.2 Å². The lowest BCUT2D eigenvalue weighted by molar-refractivity contribution is 0.232. The lowest BCUT2D eigenvalue weighted by atomic mass is 10.0. The fourth-order valence-electron chi connectivity index (χ4n) is 3.51. The number of nitrogens with zero attached hydrogens (tertiary/aromatic N) is 2. The molecule has 0 spiro atoms. The lowest BCUT2D eigenvalue weighted by Gasteiger charge is -2.28. The van der Waals surface area contributed by atoms with Crippen LogP contribution >= 0.6 is 0 Å². The van der Waals surface area contributed by atoms with Gasteiger partial charge in [0.2, 0.25) is 0 Å². The molecule has 1 N–H and O–H groups in total. The highest BCUT2D eigenvalue weighted by Crippen LogP contribution is 2.34. The van der Waals surface area contributed by atoms with Crippen LogP contribution in [0.15, 0.2) is 18.2 Å². The van der Waals surface area contributed by atoms with Crippen molar-refractivity contribution in [1.29, 1.82) is 0 Å². The Hall–Kier alpha value is -1.06. The van der Waals surface area contributed by atoms with Gasteiger partial charge in [0.25, 0.3) is 0 Å². The van der Waals surface area contributed by atoms with Gasteiger partial charge in [-0.3, -0.25) is 4.90 Å². The van der Waals surface area contributed by atoms with Gasteiger partial charge < -0.3 is 10.2 Å². The van der Waals surface area contributed by atoms with Crippen molar-refractivity contribution in [2.75, 3.05) is 37.6 Å². The van der Waals surface area contributed by atoms with E-state index in [4.69, 9.17) is 0 Å². The van der Waals surface area contributed by atoms with E-state index in [0.29, 0.717) is 6.04 Å². The van der Waals surface area contributed by atoms with E-state index >= 15 is 0 Å². The van der Waals surface area contributed by atoms with Gasteiger partial charge in [-0.2, -0.15) is 0 Å². The van der Waals surface area contributed by atoms with Crippen molar-refractivity contribution < 1.29 is 0 Å². The zero-order valence-electron chi connectivity index (χ0n) is 12.2. The molecule has 1 aromatic rings. The number of rotatable bonds is 3. The molecule has 1 fully saturated rings. The second-order valence-corrected chi connectivity index (χ2v) is 5.78. The van der Waals surface area contributed by atoms with Gasteiger partial charge in [0, 0.05) is 51.0 Å². The zero-order chi connectivity index (χ0) is 13.2. The van der Waals surface area contributed by atoms with Gasteiger partial charge in [-0.1, -0.05) is 12.1 Å². The Kier molecular flexibility index (Phi) is 3.76. The first-order valence-corrected chi connectivity index (χ1v) is 7.60. The Morgan fingerprint density at radius 3 is 2.79 bits per heavy atom. The first-order chi connectivity index (χ1) is 9.29. The van der Waals surface area contributed by atoms with Crippen molar-refractivity contribution >= 4 is 5.69 Å². The summed E-state index contributed by atoms with van der Waals surface area (Å²) < 4.78 is 0. The summed E-state index contributed by atoms with van der Waals surface area (Å²) in [6, 6.07) is 7.51. The summed E-state index contributed by atoms with van der Waals surface area (Å²) in [5, 5.41) is 3.43. The summed E-state index contributed by atoms with van der Waals surface area (Å²) in [5.74, 6) is 0. The molecule has 0 radical (unpaired) electrons. The Morgan fingerprint density at radius 2 is 2.05 bits per heavy atom. The van der Waals surface area contributed by atoms with Crippen LogP contribution in [-0.4, -0.2) is 43.7 Å². The van der Waals surface area contributed by atoms with Crippen molar-refractivity contribution in [1.82, 2.24) is 10.2 Å². The number of fused-ring (bicyclic) bond motifs is 1. The predicted molar refractivity (Wildman–Crippen MR) is 80.8 cm³/mol. The van der Waals surface area contributed by atoms with Crippen molar-refractivity contribution in [3.63, 3.8) is 0 Å². The highest BCUT2D eigenvalue weighted by atomic mass is 15.2. The van der Waals surface area contributed by atoms with Crippen LogP contribution in [0.2, 0.25) is 0 Å². The third-order valence-electron chi connectivity index (χ3n) is 4.53. The van der Waals surface area contributed by atoms with Crippen LogP contribution in [0.3, 0.4) is 0 Å². The number of nitrogens with one attached hydrogen (secondary N) is 1. The van der Waals surface area contributed by atoms with Gasteiger partial charge in [-0.05, 0) is 37.5 Å². The summed E-state index contributed by atoms with van der Waals surface area (Å²) in [7, 11) is 0. The van der Waals surface area contributed by atoms with Crippen molar-refractivity contribution in [3.8, 4) is 0 Å². The van der Waals surface area contributed by atoms with Crippen LogP contribution in [0.5, 0.6) is 0 Å². The SMILES string of the molecule is CCN1c2cccc(CN3CCNCC3)c2CC1C. The molecule has 2 aliphatic rings. The highest BCUT2D eigenvalue weighted by molar-refractivity contribution is 5.62. The Balaban J connectivity index is 1.81. The second kappa shape index (κ2) is 5.51. The summed E-state index contributed by atoms with van der Waals surface area (Å²) >= 11 is 0. The van der Waals surface area contributed by atoms with Crippen LogP contribution in [0.25, 0.3) is 0 Å². The van der Waals surface area contributed by atoms with Crippen LogP contribution in [0.1, 0.15) is 25.0 Å². The van der Waals surface area contributed by atoms with Crippen LogP contribution in [0, 0.1) is 0 Å². The fourth-order valence-corrected chi connectivity index (χ4v) is 3.51. The van der Waals surface area contributed by atoms with E-state index in [1.54, 1.807) is 11.1 Å². The first-order valence-electron chi connectivity index (χ1n) is 7.60. The lowest BCUT2D eigenvalue weighted by Crippen LogP contribution is -2.43. The Labute approximate surface area is 116 Å². The van der Waals surface area contributed by atoms with Gasteiger partial charge >= 0.3 is 0 Å². The molecule has 1 aromatic carbocycles. The molecule has 2 heterocycles. The zero-order valence-corrected chi connectivity index (χ0v) is 12.2. The number of hydrogen-bond donors (Lipinski definition) is 1. The number of benzene rings is 1. The number of hydrogen-bond acceptors (Lipinski definition) is 3. The third-order valence-corrected chi connectivity index (χ3v) is 4.53. The maximum Gasteiger partial charge on any atom is 0.0405 e. The van der Waals surface area contributed by atoms with Crippen molar-refractivity contribution in [2.45, 2.75) is 32.9 Å². The minimum Gasteiger partial charge on any atom is -0.369 e. The molecule has 0 saturated carbocycles. The van der Waals surface area contributed by atoms with E-state index in [1.165, 1.54) is 25.2 Å². The van der Waals surface area contributed by atoms with Crippen molar-refractivity contribution in [3.05, 3.63) is 29.3 Å². The minimum absolute atomic E-state index is 0.657. The topological polar surface area (TPSA) is 18.5 Å². The average Bonchev–Trinajstić information content (AvgIpc) is 2.76. The third kappa shape index (κ3) is 2.49. The molecule has 0 aliphatic carbocycles. The molecule has 1 saturated heterocycles. The molecular weight excluding hydrogens is 234 g/mol. The molecule has 1 unspecified atom stereocenters. The van der Waals surface area contributed by atoms with Gasteiger partial charge in [0.1, 0.15) is 0 Å². The number of likely N-dealkylation sites (N-methyl/N-ethyl adjacent to an activating group) is 1. The highest BCUT2D eigenvalue weighted by Gasteiger charge is 2.27. The molecule has 3 heteroatoms. The normalized spacial score (nSPS) is 23.7. The molecule has 104 valence electrons. The van der Waals surface area contributed by atoms with Gasteiger partial charge in [-0.25, -0.2) is 0 Å². The molecule has 2 aliphatic heterocycles. The van der Waals surface area contributed by atoms with Crippen LogP contribution < -0.4 is 10.2 Å². The monoisotopic (exact) mass is 259 g/mol. The van der Waals surface area contributed by atoms with E-state index in [1.807, 2.05) is 0 Å². The quantitative estimate of drug-likeness (QED) is 0.894. The molecular formula is C16H25N3. The predicted octanol–water partition coefficient (Wildman–Crippen LogP) is 1.86. The molecule has 0 amide bonds. The van der Waals surface area contributed by atoms with E-state index in [-0.39, 0.29) is 0 Å². The molecule has 0 bridgehead atoms. The molecule has 3 rings (SSSR count). The summed E-state index contributed by atoms with van der Waals surface area (Å²) in [5.41, 5.74) is 4.61.